The maximum Gasteiger partial charge on any atom is 0.185 e. The Kier molecular flexibility index (Phi) is 3.05. The molecular weight excluding hydrogens is 170 g/mol. The summed E-state index contributed by atoms with van der Waals surface area (Å²) >= 11 is 1.70. The van der Waals surface area contributed by atoms with E-state index in [-0.39, 0.29) is 0 Å². The summed E-state index contributed by atoms with van der Waals surface area (Å²) in [7, 11) is 2.02. The van der Waals surface area contributed by atoms with Gasteiger partial charge in [0.2, 0.25) is 0 Å². The molecule has 4 heteroatoms. The smallest absolute Gasteiger partial charge is 0.185 e. The summed E-state index contributed by atoms with van der Waals surface area (Å²) < 4.78 is 0. The van der Waals surface area contributed by atoms with Crippen LogP contribution in [0.2, 0.25) is 0 Å². The molecule has 12 heavy (non-hydrogen) atoms. The Morgan fingerprint density at radius 1 is 1.75 bits per heavy atom. The van der Waals surface area contributed by atoms with Crippen LogP contribution in [0.1, 0.15) is 11.8 Å². The van der Waals surface area contributed by atoms with Crippen molar-refractivity contribution in [2.45, 2.75) is 19.9 Å². The first-order valence-corrected chi connectivity index (χ1v) is 4.82. The second kappa shape index (κ2) is 3.87. The van der Waals surface area contributed by atoms with Crippen LogP contribution in [0.25, 0.3) is 0 Å². The Labute approximate surface area is 77.2 Å². The van der Waals surface area contributed by atoms with Gasteiger partial charge in [-0.15, -0.1) is 11.3 Å². The zero-order chi connectivity index (χ0) is 9.14. The summed E-state index contributed by atoms with van der Waals surface area (Å²) in [4.78, 5) is 7.62. The van der Waals surface area contributed by atoms with Crippen molar-refractivity contribution in [1.29, 1.82) is 0 Å². The number of hydrogen-bond acceptors (Lipinski definition) is 4. The zero-order valence-electron chi connectivity index (χ0n) is 7.74. The van der Waals surface area contributed by atoms with Crippen molar-refractivity contribution in [3.05, 3.63) is 11.1 Å². The second-order valence-corrected chi connectivity index (χ2v) is 4.16. The molecule has 1 aromatic rings. The van der Waals surface area contributed by atoms with Crippen molar-refractivity contribution in [3.8, 4) is 0 Å². The molecule has 1 aromatic heterocycles. The molecule has 1 unspecified atom stereocenters. The fraction of sp³-hybridized carbons (Fsp3) is 0.625. The third-order valence-electron chi connectivity index (χ3n) is 1.91. The molecule has 3 nitrogen and oxygen atoms in total. The van der Waals surface area contributed by atoms with Crippen molar-refractivity contribution in [1.82, 2.24) is 4.98 Å². The summed E-state index contributed by atoms with van der Waals surface area (Å²) in [5.41, 5.74) is 5.55. The number of nitrogens with two attached hydrogens (primary N) is 1. The van der Waals surface area contributed by atoms with Gasteiger partial charge in [0.05, 0.1) is 0 Å². The van der Waals surface area contributed by atoms with Crippen LogP contribution in [0.5, 0.6) is 0 Å². The van der Waals surface area contributed by atoms with Crippen LogP contribution in [-0.4, -0.2) is 24.6 Å². The van der Waals surface area contributed by atoms with Gasteiger partial charge in [-0.3, -0.25) is 0 Å². The molecule has 0 aromatic carbocycles. The van der Waals surface area contributed by atoms with Gasteiger partial charge in [-0.05, 0) is 13.8 Å². The van der Waals surface area contributed by atoms with Gasteiger partial charge in [0.15, 0.2) is 5.13 Å². The molecule has 68 valence electrons. The number of aryl methyl sites for hydroxylation is 1. The minimum Gasteiger partial charge on any atom is -0.347 e. The van der Waals surface area contributed by atoms with E-state index in [4.69, 9.17) is 5.73 Å². The number of thiazole rings is 1. The normalized spacial score (nSPS) is 13.0. The number of anilines is 1. The van der Waals surface area contributed by atoms with Crippen molar-refractivity contribution in [2.75, 3.05) is 18.5 Å². The SMILES string of the molecule is Cc1cnc(N(C)C(C)CN)s1. The molecule has 0 fully saturated rings. The topological polar surface area (TPSA) is 42.2 Å². The van der Waals surface area contributed by atoms with E-state index in [2.05, 4.69) is 23.7 Å². The first-order chi connectivity index (χ1) is 5.65. The first-order valence-electron chi connectivity index (χ1n) is 4.00. The van der Waals surface area contributed by atoms with E-state index in [0.29, 0.717) is 12.6 Å². The number of hydrogen-bond donors (Lipinski definition) is 1. The molecule has 0 saturated heterocycles. The molecule has 0 bridgehead atoms. The highest BCUT2D eigenvalue weighted by Gasteiger charge is 2.10. The molecule has 0 radical (unpaired) electrons. The molecule has 0 aliphatic heterocycles. The van der Waals surface area contributed by atoms with Crippen LogP contribution in [0.4, 0.5) is 5.13 Å². The van der Waals surface area contributed by atoms with Gasteiger partial charge < -0.3 is 10.6 Å². The fourth-order valence-electron chi connectivity index (χ4n) is 0.853. The third kappa shape index (κ3) is 1.95. The lowest BCUT2D eigenvalue weighted by atomic mass is 10.3. The summed E-state index contributed by atoms with van der Waals surface area (Å²) in [5.74, 6) is 0. The van der Waals surface area contributed by atoms with Gasteiger partial charge in [-0.25, -0.2) is 4.98 Å². The molecule has 1 rings (SSSR count). The average Bonchev–Trinajstić information content (AvgIpc) is 2.49. The minimum atomic E-state index is 0.357. The first kappa shape index (κ1) is 9.48. The van der Waals surface area contributed by atoms with Gasteiger partial charge in [-0.1, -0.05) is 0 Å². The quantitative estimate of drug-likeness (QED) is 0.770. The van der Waals surface area contributed by atoms with Crippen molar-refractivity contribution in [2.24, 2.45) is 5.73 Å². The van der Waals surface area contributed by atoms with Crippen molar-refractivity contribution < 1.29 is 0 Å². The molecule has 0 spiro atoms. The minimum absolute atomic E-state index is 0.357. The molecule has 0 amide bonds. The van der Waals surface area contributed by atoms with E-state index < -0.39 is 0 Å². The summed E-state index contributed by atoms with van der Waals surface area (Å²) in [6.07, 6.45) is 1.89. The zero-order valence-corrected chi connectivity index (χ0v) is 8.56. The molecule has 0 aliphatic rings. The van der Waals surface area contributed by atoms with E-state index in [9.17, 15) is 0 Å². The summed E-state index contributed by atoms with van der Waals surface area (Å²) in [6.45, 7) is 4.81. The Morgan fingerprint density at radius 2 is 2.42 bits per heavy atom. The highest BCUT2D eigenvalue weighted by Crippen LogP contribution is 2.21. The lowest BCUT2D eigenvalue weighted by Crippen LogP contribution is -2.35. The molecule has 2 N–H and O–H groups in total. The van der Waals surface area contributed by atoms with Crippen LogP contribution < -0.4 is 10.6 Å². The monoisotopic (exact) mass is 185 g/mol. The van der Waals surface area contributed by atoms with Gasteiger partial charge >= 0.3 is 0 Å². The number of aromatic nitrogens is 1. The highest BCUT2D eigenvalue weighted by atomic mass is 32.1. The Hall–Kier alpha value is -0.610. The number of likely N-dealkylation sites (N-methyl/N-ethyl adjacent to an activating group) is 1. The maximum atomic E-state index is 5.55. The lowest BCUT2D eigenvalue weighted by molar-refractivity contribution is 0.693. The van der Waals surface area contributed by atoms with E-state index >= 15 is 0 Å². The summed E-state index contributed by atoms with van der Waals surface area (Å²) in [5, 5.41) is 1.05. The largest absolute Gasteiger partial charge is 0.347 e. The van der Waals surface area contributed by atoms with Crippen molar-refractivity contribution in [3.63, 3.8) is 0 Å². The number of nitrogens with zero attached hydrogens (tertiary/aromatic N) is 2. The van der Waals surface area contributed by atoms with E-state index in [1.165, 1.54) is 4.88 Å². The molecule has 1 heterocycles. The molecule has 0 saturated carbocycles. The van der Waals surface area contributed by atoms with E-state index in [1.54, 1.807) is 11.3 Å². The van der Waals surface area contributed by atoms with Gasteiger partial charge in [0.25, 0.3) is 0 Å². The Balaban J connectivity index is 2.70. The van der Waals surface area contributed by atoms with E-state index in [0.717, 1.165) is 5.13 Å². The number of rotatable bonds is 3. The lowest BCUT2D eigenvalue weighted by Gasteiger charge is -2.22. The maximum absolute atomic E-state index is 5.55. The standard InChI is InChI=1S/C8H15N3S/c1-6(4-9)11(3)8-10-5-7(2)12-8/h5-6H,4,9H2,1-3H3. The van der Waals surface area contributed by atoms with Crippen LogP contribution in [-0.2, 0) is 0 Å². The van der Waals surface area contributed by atoms with Gasteiger partial charge in [-0.2, -0.15) is 0 Å². The summed E-state index contributed by atoms with van der Waals surface area (Å²) in [6, 6.07) is 0.357. The van der Waals surface area contributed by atoms with Crippen LogP contribution in [0.15, 0.2) is 6.20 Å². The second-order valence-electron chi connectivity index (χ2n) is 2.95. The molecule has 0 aliphatic carbocycles. The molecule has 1 atom stereocenters. The Bertz CT molecular complexity index is 246. The van der Waals surface area contributed by atoms with Crippen LogP contribution in [0, 0.1) is 6.92 Å². The van der Waals surface area contributed by atoms with Gasteiger partial charge in [0, 0.05) is 30.7 Å². The molecular formula is C8H15N3S. The van der Waals surface area contributed by atoms with Crippen LogP contribution in [0.3, 0.4) is 0 Å². The predicted molar refractivity (Wildman–Crippen MR) is 53.8 cm³/mol. The average molecular weight is 185 g/mol. The van der Waals surface area contributed by atoms with Crippen LogP contribution >= 0.6 is 11.3 Å². The third-order valence-corrected chi connectivity index (χ3v) is 2.92. The van der Waals surface area contributed by atoms with Gasteiger partial charge in [0.1, 0.15) is 0 Å². The fourth-order valence-corrected chi connectivity index (χ4v) is 1.68. The van der Waals surface area contributed by atoms with E-state index in [1.807, 2.05) is 13.2 Å². The Morgan fingerprint density at radius 3 is 2.83 bits per heavy atom. The van der Waals surface area contributed by atoms with Crippen molar-refractivity contribution >= 4 is 16.5 Å². The predicted octanol–water partition coefficient (Wildman–Crippen LogP) is 1.23. The highest BCUT2D eigenvalue weighted by molar-refractivity contribution is 7.15.